The molecule has 2 aromatic carbocycles. The first-order valence-corrected chi connectivity index (χ1v) is 13.0. The number of rotatable bonds is 3. The van der Waals surface area contributed by atoms with Crippen LogP contribution in [-0.4, -0.2) is 88.7 Å². The van der Waals surface area contributed by atoms with Crippen molar-refractivity contribution in [2.24, 2.45) is 0 Å². The Balaban J connectivity index is 1.08. The van der Waals surface area contributed by atoms with E-state index in [1.807, 2.05) is 11.0 Å². The van der Waals surface area contributed by atoms with Gasteiger partial charge < -0.3 is 19.6 Å². The van der Waals surface area contributed by atoms with E-state index in [0.29, 0.717) is 56.8 Å². The van der Waals surface area contributed by atoms with Crippen LogP contribution in [0.25, 0.3) is 0 Å². The van der Waals surface area contributed by atoms with Gasteiger partial charge in [-0.15, -0.1) is 0 Å². The zero-order chi connectivity index (χ0) is 24.8. The Morgan fingerprint density at radius 1 is 0.917 bits per heavy atom. The molecule has 3 saturated heterocycles. The second-order valence-corrected chi connectivity index (χ2v) is 10.5. The molecule has 0 aliphatic carbocycles. The number of aliphatic hydroxyl groups excluding tert-OH is 1. The number of carbonyl (C=O) groups is 2. The highest BCUT2D eigenvalue weighted by Gasteiger charge is 2.41. The number of morpholine rings is 1. The molecule has 4 atom stereocenters. The van der Waals surface area contributed by atoms with Crippen LogP contribution < -0.4 is 0 Å². The molecule has 2 bridgehead atoms. The van der Waals surface area contributed by atoms with Crippen LogP contribution in [0, 0.1) is 5.82 Å². The summed E-state index contributed by atoms with van der Waals surface area (Å²) in [7, 11) is 0. The summed E-state index contributed by atoms with van der Waals surface area (Å²) in [5.41, 5.74) is 2.86. The van der Waals surface area contributed by atoms with Crippen molar-refractivity contribution in [3.05, 3.63) is 70.5 Å². The molecule has 7 nitrogen and oxygen atoms in total. The SMILES string of the molecule is O=C(c1ccc(C(=O)N2C3CCC2COC3)cc1)N1CC[C@@H](N2CCc3c(F)cccc3C2)[C@H](O)C1. The number of fused-ring (bicyclic) bond motifs is 3. The van der Waals surface area contributed by atoms with Gasteiger partial charge >= 0.3 is 0 Å². The Hall–Kier alpha value is -2.81. The Morgan fingerprint density at radius 2 is 1.61 bits per heavy atom. The second-order valence-electron chi connectivity index (χ2n) is 10.5. The molecule has 6 rings (SSSR count). The van der Waals surface area contributed by atoms with E-state index in [9.17, 15) is 19.1 Å². The summed E-state index contributed by atoms with van der Waals surface area (Å²) >= 11 is 0. The van der Waals surface area contributed by atoms with Crippen molar-refractivity contribution in [3.63, 3.8) is 0 Å². The minimum atomic E-state index is -0.671. The minimum absolute atomic E-state index is 0.00372. The molecule has 2 amide bonds. The predicted molar refractivity (Wildman–Crippen MR) is 131 cm³/mol. The third kappa shape index (κ3) is 4.21. The van der Waals surface area contributed by atoms with Crippen molar-refractivity contribution in [1.82, 2.24) is 14.7 Å². The molecule has 36 heavy (non-hydrogen) atoms. The molecule has 3 fully saturated rings. The average molecular weight is 494 g/mol. The Morgan fingerprint density at radius 3 is 2.31 bits per heavy atom. The maximum atomic E-state index is 14.1. The molecule has 4 heterocycles. The van der Waals surface area contributed by atoms with E-state index in [-0.39, 0.29) is 42.3 Å². The van der Waals surface area contributed by atoms with Crippen molar-refractivity contribution >= 4 is 11.8 Å². The van der Waals surface area contributed by atoms with Crippen LogP contribution in [0.2, 0.25) is 0 Å². The number of aliphatic hydroxyl groups is 1. The molecule has 4 aliphatic heterocycles. The monoisotopic (exact) mass is 493 g/mol. The first-order chi connectivity index (χ1) is 17.5. The van der Waals surface area contributed by atoms with Crippen molar-refractivity contribution < 1.29 is 23.8 Å². The average Bonchev–Trinajstić information content (AvgIpc) is 3.15. The van der Waals surface area contributed by atoms with Gasteiger partial charge in [-0.05, 0) is 67.1 Å². The number of ether oxygens (including phenoxy) is 1. The molecule has 0 saturated carbocycles. The highest BCUT2D eigenvalue weighted by atomic mass is 19.1. The number of nitrogens with zero attached hydrogens (tertiary/aromatic N) is 3. The van der Waals surface area contributed by atoms with Gasteiger partial charge in [0.1, 0.15) is 5.82 Å². The summed E-state index contributed by atoms with van der Waals surface area (Å²) in [6.45, 7) is 3.31. The smallest absolute Gasteiger partial charge is 0.254 e. The Labute approximate surface area is 210 Å². The Kier molecular flexibility index (Phi) is 6.27. The summed E-state index contributed by atoms with van der Waals surface area (Å²) < 4.78 is 19.7. The van der Waals surface area contributed by atoms with Gasteiger partial charge in [0.25, 0.3) is 11.8 Å². The van der Waals surface area contributed by atoms with E-state index in [1.165, 1.54) is 6.07 Å². The number of hydrogen-bond donors (Lipinski definition) is 1. The lowest BCUT2D eigenvalue weighted by Gasteiger charge is -2.43. The van der Waals surface area contributed by atoms with Gasteiger partial charge in [-0.25, -0.2) is 4.39 Å². The number of halogens is 1. The third-order valence-electron chi connectivity index (χ3n) is 8.39. The topological polar surface area (TPSA) is 73.3 Å². The van der Waals surface area contributed by atoms with Crippen molar-refractivity contribution in [2.75, 3.05) is 32.8 Å². The van der Waals surface area contributed by atoms with E-state index >= 15 is 0 Å². The lowest BCUT2D eigenvalue weighted by molar-refractivity contribution is -0.0139. The molecule has 1 N–H and O–H groups in total. The van der Waals surface area contributed by atoms with E-state index in [1.54, 1.807) is 35.2 Å². The second kappa shape index (κ2) is 9.57. The van der Waals surface area contributed by atoms with Gasteiger partial charge in [0.2, 0.25) is 0 Å². The highest BCUT2D eigenvalue weighted by molar-refractivity contribution is 5.98. The number of hydrogen-bond acceptors (Lipinski definition) is 5. The number of carbonyl (C=O) groups excluding carboxylic acids is 2. The molecule has 8 heteroatoms. The number of likely N-dealkylation sites (tertiary alicyclic amines) is 1. The molecule has 0 spiro atoms. The largest absolute Gasteiger partial charge is 0.390 e. The van der Waals surface area contributed by atoms with Crippen molar-refractivity contribution in [1.29, 1.82) is 0 Å². The molecule has 190 valence electrons. The molecule has 2 aromatic rings. The third-order valence-corrected chi connectivity index (χ3v) is 8.39. The fourth-order valence-corrected chi connectivity index (χ4v) is 6.44. The van der Waals surface area contributed by atoms with E-state index < -0.39 is 6.10 Å². The summed E-state index contributed by atoms with van der Waals surface area (Å²) in [6.07, 6.45) is 2.58. The number of piperidine rings is 1. The van der Waals surface area contributed by atoms with Gasteiger partial charge in [-0.1, -0.05) is 12.1 Å². The molecular weight excluding hydrogens is 461 g/mol. The maximum Gasteiger partial charge on any atom is 0.254 e. The number of β-amino-alcohol motifs (C(OH)–C–C–N with tert-alkyl or cyclic N) is 1. The lowest BCUT2D eigenvalue weighted by Crippen LogP contribution is -2.56. The van der Waals surface area contributed by atoms with Gasteiger partial charge in [0.15, 0.2) is 0 Å². The van der Waals surface area contributed by atoms with E-state index in [2.05, 4.69) is 4.90 Å². The van der Waals surface area contributed by atoms with Gasteiger partial charge in [0.05, 0.1) is 31.4 Å². The molecule has 2 unspecified atom stereocenters. The molecular formula is C28H32FN3O4. The van der Waals surface area contributed by atoms with Crippen LogP contribution in [-0.2, 0) is 17.7 Å². The van der Waals surface area contributed by atoms with Crippen LogP contribution in [0.4, 0.5) is 4.39 Å². The fraction of sp³-hybridized carbons (Fsp3) is 0.500. The van der Waals surface area contributed by atoms with Gasteiger partial charge in [0, 0.05) is 43.3 Å². The van der Waals surface area contributed by atoms with Crippen LogP contribution >= 0.6 is 0 Å². The predicted octanol–water partition coefficient (Wildman–Crippen LogP) is 2.46. The van der Waals surface area contributed by atoms with Crippen LogP contribution in [0.3, 0.4) is 0 Å². The maximum absolute atomic E-state index is 14.1. The first kappa shape index (κ1) is 23.6. The lowest BCUT2D eigenvalue weighted by atomic mass is 9.93. The first-order valence-electron chi connectivity index (χ1n) is 13.0. The van der Waals surface area contributed by atoms with Crippen molar-refractivity contribution in [3.8, 4) is 0 Å². The molecule has 0 aromatic heterocycles. The summed E-state index contributed by atoms with van der Waals surface area (Å²) in [5.74, 6) is -0.286. The summed E-state index contributed by atoms with van der Waals surface area (Å²) in [5, 5.41) is 10.9. The summed E-state index contributed by atoms with van der Waals surface area (Å²) in [4.78, 5) is 32.1. The van der Waals surface area contributed by atoms with E-state index in [4.69, 9.17) is 4.74 Å². The number of amides is 2. The van der Waals surface area contributed by atoms with Crippen molar-refractivity contribution in [2.45, 2.75) is 56.5 Å². The Bertz CT molecular complexity index is 1140. The van der Waals surface area contributed by atoms with Crippen LogP contribution in [0.15, 0.2) is 42.5 Å². The van der Waals surface area contributed by atoms with Gasteiger partial charge in [-0.3, -0.25) is 14.5 Å². The van der Waals surface area contributed by atoms with Crippen LogP contribution in [0.1, 0.15) is 51.1 Å². The zero-order valence-electron chi connectivity index (χ0n) is 20.3. The fourth-order valence-electron chi connectivity index (χ4n) is 6.44. The normalized spacial score (nSPS) is 28.2. The van der Waals surface area contributed by atoms with Crippen LogP contribution in [0.5, 0.6) is 0 Å². The highest BCUT2D eigenvalue weighted by Crippen LogP contribution is 2.31. The minimum Gasteiger partial charge on any atom is -0.390 e. The van der Waals surface area contributed by atoms with Gasteiger partial charge in [-0.2, -0.15) is 0 Å². The molecule has 0 radical (unpaired) electrons. The standard InChI is InChI=1S/C28H32FN3O4/c29-24-3-1-2-20-14-30(12-10-23(20)24)25-11-13-31(15-26(25)33)27(34)18-4-6-19(7-5-18)28(35)32-21-8-9-22(32)17-36-16-21/h1-7,21-22,25-26,33H,8-17H2/t21?,22?,25-,26-/m1/s1. The molecule has 4 aliphatic rings. The van der Waals surface area contributed by atoms with E-state index in [0.717, 1.165) is 24.0 Å². The quantitative estimate of drug-likeness (QED) is 0.711. The summed E-state index contributed by atoms with van der Waals surface area (Å²) in [6, 6.07) is 12.3. The zero-order valence-corrected chi connectivity index (χ0v) is 20.3. The number of benzene rings is 2.